The summed E-state index contributed by atoms with van der Waals surface area (Å²) in [5.41, 5.74) is 0.819. The van der Waals surface area contributed by atoms with Crippen molar-refractivity contribution < 1.29 is 14.2 Å². The van der Waals surface area contributed by atoms with Crippen molar-refractivity contribution in [2.24, 2.45) is 0 Å². The zero-order valence-electron chi connectivity index (χ0n) is 14.7. The Labute approximate surface area is 174 Å². The number of thioether (sulfide) groups is 1. The van der Waals surface area contributed by atoms with E-state index in [1.807, 2.05) is 24.3 Å². The number of aromatic amines is 1. The first-order valence-electron chi connectivity index (χ1n) is 7.96. The van der Waals surface area contributed by atoms with Crippen molar-refractivity contribution in [3.63, 3.8) is 0 Å². The number of rotatable bonds is 8. The van der Waals surface area contributed by atoms with E-state index in [4.69, 9.17) is 25.8 Å². The van der Waals surface area contributed by atoms with Crippen LogP contribution in [0, 0.1) is 0 Å². The summed E-state index contributed by atoms with van der Waals surface area (Å²) >= 11 is 10.9. The van der Waals surface area contributed by atoms with Crippen molar-refractivity contribution in [2.45, 2.75) is 5.16 Å². The summed E-state index contributed by atoms with van der Waals surface area (Å²) in [6.45, 7) is 0.515. The molecule has 0 radical (unpaired) electrons. The lowest BCUT2D eigenvalue weighted by atomic mass is 10.2. The Morgan fingerprint density at radius 2 is 1.96 bits per heavy atom. The number of aromatic nitrogens is 3. The molecule has 142 valence electrons. The van der Waals surface area contributed by atoms with Crippen LogP contribution in [0.2, 0.25) is 5.02 Å². The summed E-state index contributed by atoms with van der Waals surface area (Å²) in [6.07, 6.45) is 0. The van der Waals surface area contributed by atoms with E-state index in [1.165, 1.54) is 11.8 Å². The number of hydrogen-bond donors (Lipinski definition) is 1. The SMILES string of the molecule is COc1ccc(-c2nc(SCCOc3ccc(Cl)cc3Br)n[nH]2)c(OC)c1. The van der Waals surface area contributed by atoms with Crippen LogP contribution in [0.25, 0.3) is 11.4 Å². The van der Waals surface area contributed by atoms with E-state index in [0.29, 0.717) is 34.1 Å². The van der Waals surface area contributed by atoms with Gasteiger partial charge in [-0.1, -0.05) is 23.4 Å². The molecule has 2 aromatic carbocycles. The van der Waals surface area contributed by atoms with E-state index in [1.54, 1.807) is 26.4 Å². The lowest BCUT2D eigenvalue weighted by Gasteiger charge is -2.08. The Bertz CT molecular complexity index is 923. The molecule has 3 aromatic rings. The Morgan fingerprint density at radius 1 is 1.11 bits per heavy atom. The summed E-state index contributed by atoms with van der Waals surface area (Å²) in [6, 6.07) is 11.0. The third-order valence-corrected chi connectivity index (χ3v) is 5.26. The second-order valence-corrected chi connectivity index (χ2v) is 7.66. The van der Waals surface area contributed by atoms with E-state index in [-0.39, 0.29) is 0 Å². The van der Waals surface area contributed by atoms with Gasteiger partial charge in [0.15, 0.2) is 5.82 Å². The molecule has 1 aromatic heterocycles. The minimum absolute atomic E-state index is 0.515. The number of halogens is 2. The summed E-state index contributed by atoms with van der Waals surface area (Å²) in [4.78, 5) is 4.51. The number of ether oxygens (including phenoxy) is 3. The highest BCUT2D eigenvalue weighted by Gasteiger charge is 2.12. The number of hydrogen-bond acceptors (Lipinski definition) is 6. The van der Waals surface area contributed by atoms with E-state index >= 15 is 0 Å². The third kappa shape index (κ3) is 5.09. The van der Waals surface area contributed by atoms with Crippen LogP contribution in [0.3, 0.4) is 0 Å². The quantitative estimate of drug-likeness (QED) is 0.366. The van der Waals surface area contributed by atoms with Gasteiger partial charge in [-0.05, 0) is 46.3 Å². The Morgan fingerprint density at radius 3 is 2.70 bits per heavy atom. The zero-order valence-corrected chi connectivity index (χ0v) is 17.8. The molecule has 3 rings (SSSR count). The molecule has 0 saturated carbocycles. The van der Waals surface area contributed by atoms with Gasteiger partial charge in [0, 0.05) is 16.8 Å². The summed E-state index contributed by atoms with van der Waals surface area (Å²) in [7, 11) is 3.22. The molecule has 27 heavy (non-hydrogen) atoms. The van der Waals surface area contributed by atoms with Gasteiger partial charge >= 0.3 is 0 Å². The molecule has 0 saturated heterocycles. The van der Waals surface area contributed by atoms with Crippen molar-refractivity contribution in [1.82, 2.24) is 15.2 Å². The molecule has 0 fully saturated rings. The monoisotopic (exact) mass is 469 g/mol. The molecule has 6 nitrogen and oxygen atoms in total. The van der Waals surface area contributed by atoms with Crippen LogP contribution in [0.5, 0.6) is 17.2 Å². The predicted octanol–water partition coefficient (Wildman–Crippen LogP) is 5.08. The fourth-order valence-electron chi connectivity index (χ4n) is 2.30. The maximum atomic E-state index is 5.92. The van der Waals surface area contributed by atoms with Crippen LogP contribution in [-0.4, -0.2) is 41.8 Å². The molecule has 0 unspecified atom stereocenters. The van der Waals surface area contributed by atoms with Gasteiger partial charge in [-0.2, -0.15) is 0 Å². The van der Waals surface area contributed by atoms with Gasteiger partial charge < -0.3 is 14.2 Å². The van der Waals surface area contributed by atoms with Gasteiger partial charge in [0.05, 0.1) is 30.9 Å². The second kappa shape index (κ2) is 9.34. The van der Waals surface area contributed by atoms with Gasteiger partial charge in [0.1, 0.15) is 17.2 Å². The topological polar surface area (TPSA) is 69.3 Å². The Balaban J connectivity index is 1.58. The largest absolute Gasteiger partial charge is 0.497 e. The molecule has 0 spiro atoms. The van der Waals surface area contributed by atoms with E-state index in [2.05, 4.69) is 31.1 Å². The van der Waals surface area contributed by atoms with Crippen LogP contribution in [0.4, 0.5) is 0 Å². The maximum absolute atomic E-state index is 5.92. The van der Waals surface area contributed by atoms with Gasteiger partial charge in [-0.15, -0.1) is 5.10 Å². The minimum atomic E-state index is 0.515. The lowest BCUT2D eigenvalue weighted by Crippen LogP contribution is -2.00. The summed E-state index contributed by atoms with van der Waals surface area (Å²) < 4.78 is 17.2. The average Bonchev–Trinajstić information content (AvgIpc) is 3.14. The van der Waals surface area contributed by atoms with Crippen LogP contribution >= 0.6 is 39.3 Å². The van der Waals surface area contributed by atoms with Crippen molar-refractivity contribution >= 4 is 39.3 Å². The first kappa shape index (κ1) is 19.9. The molecule has 1 heterocycles. The summed E-state index contributed by atoms with van der Waals surface area (Å²) in [5, 5.41) is 8.48. The van der Waals surface area contributed by atoms with Crippen LogP contribution < -0.4 is 14.2 Å². The molecule has 9 heteroatoms. The second-order valence-electron chi connectivity index (χ2n) is 5.30. The highest BCUT2D eigenvalue weighted by molar-refractivity contribution is 9.10. The number of methoxy groups -OCH3 is 2. The lowest BCUT2D eigenvalue weighted by molar-refractivity contribution is 0.341. The molecular weight excluding hydrogens is 454 g/mol. The molecule has 0 aliphatic heterocycles. The van der Waals surface area contributed by atoms with Gasteiger partial charge in [-0.25, -0.2) is 4.98 Å². The first-order valence-corrected chi connectivity index (χ1v) is 10.1. The average molecular weight is 471 g/mol. The minimum Gasteiger partial charge on any atom is -0.497 e. The molecule has 0 aliphatic rings. The van der Waals surface area contributed by atoms with E-state index < -0.39 is 0 Å². The van der Waals surface area contributed by atoms with Gasteiger partial charge in [-0.3, -0.25) is 5.10 Å². The van der Waals surface area contributed by atoms with Crippen LogP contribution in [-0.2, 0) is 0 Å². The zero-order chi connectivity index (χ0) is 19.2. The Kier molecular flexibility index (Phi) is 6.87. The highest BCUT2D eigenvalue weighted by Crippen LogP contribution is 2.32. The number of nitrogens with one attached hydrogen (secondary N) is 1. The van der Waals surface area contributed by atoms with E-state index in [0.717, 1.165) is 21.5 Å². The van der Waals surface area contributed by atoms with E-state index in [9.17, 15) is 0 Å². The first-order chi connectivity index (χ1) is 13.1. The number of nitrogens with zero attached hydrogens (tertiary/aromatic N) is 2. The van der Waals surface area contributed by atoms with Crippen LogP contribution in [0.1, 0.15) is 0 Å². The smallest absolute Gasteiger partial charge is 0.208 e. The van der Waals surface area contributed by atoms with Crippen molar-refractivity contribution in [3.05, 3.63) is 45.9 Å². The Hall–Kier alpha value is -1.90. The molecular formula is C18H17BrClN3O3S. The fourth-order valence-corrected chi connectivity index (χ4v) is 3.71. The fraction of sp³-hybridized carbons (Fsp3) is 0.222. The van der Waals surface area contributed by atoms with Gasteiger partial charge in [0.25, 0.3) is 0 Å². The molecule has 1 N–H and O–H groups in total. The van der Waals surface area contributed by atoms with Crippen LogP contribution in [0.15, 0.2) is 46.0 Å². The standard InChI is InChI=1S/C18H17BrClN3O3S/c1-24-12-4-5-13(16(10-12)25-2)17-21-18(23-22-17)27-8-7-26-15-6-3-11(20)9-14(15)19/h3-6,9-10H,7-8H2,1-2H3,(H,21,22,23). The van der Waals surface area contributed by atoms with Crippen molar-refractivity contribution in [2.75, 3.05) is 26.6 Å². The van der Waals surface area contributed by atoms with Gasteiger partial charge in [0.2, 0.25) is 5.16 Å². The number of benzene rings is 2. The number of H-pyrrole nitrogens is 1. The van der Waals surface area contributed by atoms with Crippen molar-refractivity contribution in [1.29, 1.82) is 0 Å². The molecule has 0 aliphatic carbocycles. The molecule has 0 atom stereocenters. The normalized spacial score (nSPS) is 10.7. The van der Waals surface area contributed by atoms with Crippen molar-refractivity contribution in [3.8, 4) is 28.6 Å². The molecule has 0 amide bonds. The highest BCUT2D eigenvalue weighted by atomic mass is 79.9. The predicted molar refractivity (Wildman–Crippen MR) is 110 cm³/mol. The third-order valence-electron chi connectivity index (χ3n) is 3.59. The molecule has 0 bridgehead atoms. The summed E-state index contributed by atoms with van der Waals surface area (Å²) in [5.74, 6) is 3.47. The maximum Gasteiger partial charge on any atom is 0.208 e.